The smallest absolute Gasteiger partial charge is 0.272 e. The number of thioether (sulfide) groups is 1. The fourth-order valence-electron chi connectivity index (χ4n) is 4.38. The Balaban J connectivity index is 1.58. The van der Waals surface area contributed by atoms with Crippen LogP contribution in [0.3, 0.4) is 0 Å². The van der Waals surface area contributed by atoms with Crippen LogP contribution in [-0.2, 0) is 9.59 Å². The Kier molecular flexibility index (Phi) is 12.3. The minimum atomic E-state index is -0.555. The van der Waals surface area contributed by atoms with E-state index in [0.717, 1.165) is 9.37 Å². The Morgan fingerprint density at radius 1 is 0.804 bits per heavy atom. The van der Waals surface area contributed by atoms with Gasteiger partial charge in [-0.2, -0.15) is 0 Å². The molecule has 1 atom stereocenters. The van der Waals surface area contributed by atoms with E-state index in [-0.39, 0.29) is 16.9 Å². The average Bonchev–Trinajstić information content (AvgIpc) is 3.07. The van der Waals surface area contributed by atoms with Gasteiger partial charge in [-0.15, -0.1) is 11.8 Å². The van der Waals surface area contributed by atoms with E-state index in [4.69, 9.17) is 14.2 Å². The zero-order valence-electron chi connectivity index (χ0n) is 25.8. The van der Waals surface area contributed by atoms with Crippen molar-refractivity contribution in [2.45, 2.75) is 23.5 Å². The van der Waals surface area contributed by atoms with E-state index in [1.807, 2.05) is 37.3 Å². The summed E-state index contributed by atoms with van der Waals surface area (Å²) in [5, 5.41) is 8.21. The van der Waals surface area contributed by atoms with Crippen LogP contribution in [0.4, 0.5) is 11.4 Å². The molecule has 11 heteroatoms. The van der Waals surface area contributed by atoms with Crippen LogP contribution in [0.5, 0.6) is 17.2 Å². The van der Waals surface area contributed by atoms with Gasteiger partial charge in [0.05, 0.1) is 26.6 Å². The van der Waals surface area contributed by atoms with Crippen LogP contribution in [0.1, 0.15) is 29.3 Å². The van der Waals surface area contributed by atoms with E-state index in [1.165, 1.54) is 39.2 Å². The fraction of sp³-hybridized carbons (Fsp3) is 0.171. The molecule has 0 aliphatic heterocycles. The molecule has 3 N–H and O–H groups in total. The number of ether oxygens (including phenoxy) is 3. The normalized spacial score (nSPS) is 11.6. The third kappa shape index (κ3) is 9.15. The van der Waals surface area contributed by atoms with E-state index in [1.54, 1.807) is 60.7 Å². The van der Waals surface area contributed by atoms with Gasteiger partial charge in [0.2, 0.25) is 11.7 Å². The zero-order valence-corrected chi connectivity index (χ0v) is 28.2. The summed E-state index contributed by atoms with van der Waals surface area (Å²) in [4.78, 5) is 40.6. The molecule has 0 saturated heterocycles. The number of carbonyl (C=O) groups is 3. The van der Waals surface area contributed by atoms with Crippen LogP contribution in [0, 0.1) is 0 Å². The van der Waals surface area contributed by atoms with Crippen molar-refractivity contribution in [3.05, 3.63) is 112 Å². The molecule has 4 aromatic rings. The van der Waals surface area contributed by atoms with Crippen molar-refractivity contribution in [1.82, 2.24) is 5.32 Å². The van der Waals surface area contributed by atoms with Gasteiger partial charge in [0.25, 0.3) is 11.8 Å². The number of rotatable bonds is 13. The Bertz CT molecular complexity index is 1690. The molecule has 238 valence electrons. The molecule has 3 amide bonds. The van der Waals surface area contributed by atoms with Gasteiger partial charge in [0.1, 0.15) is 5.70 Å². The maximum Gasteiger partial charge on any atom is 0.272 e. The summed E-state index contributed by atoms with van der Waals surface area (Å²) in [6.07, 6.45) is 2.12. The summed E-state index contributed by atoms with van der Waals surface area (Å²) >= 11 is 4.80. The monoisotopic (exact) mass is 703 g/mol. The molecule has 4 aromatic carbocycles. The molecule has 0 spiro atoms. The number of hydrogen-bond donors (Lipinski definition) is 3. The first-order valence-electron chi connectivity index (χ1n) is 14.3. The van der Waals surface area contributed by atoms with Crippen molar-refractivity contribution >= 4 is 62.9 Å². The Hall–Kier alpha value is -4.74. The average molecular weight is 705 g/mol. The summed E-state index contributed by atoms with van der Waals surface area (Å²) in [5.41, 5.74) is 2.10. The lowest BCUT2D eigenvalue weighted by molar-refractivity contribution is -0.116. The third-order valence-corrected chi connectivity index (χ3v) is 8.56. The molecule has 9 nitrogen and oxygen atoms in total. The van der Waals surface area contributed by atoms with Crippen molar-refractivity contribution in [2.75, 3.05) is 32.0 Å². The van der Waals surface area contributed by atoms with Gasteiger partial charge in [-0.05, 0) is 84.8 Å². The van der Waals surface area contributed by atoms with Gasteiger partial charge in [-0.25, -0.2) is 0 Å². The predicted molar refractivity (Wildman–Crippen MR) is 186 cm³/mol. The predicted octanol–water partition coefficient (Wildman–Crippen LogP) is 7.39. The SMILES string of the molecule is CCC(Sc1cccc(NC(=O)/C(=C\c2cc(OC)c(OC)c(OC)c2)NC(=O)c2ccccc2)c1)C(=O)Nc1ccc(Br)cc1. The van der Waals surface area contributed by atoms with Crippen LogP contribution in [0.15, 0.2) is 106 Å². The summed E-state index contributed by atoms with van der Waals surface area (Å²) in [5.74, 6) is 0.0416. The molecular weight excluding hydrogens is 670 g/mol. The maximum absolute atomic E-state index is 13.7. The van der Waals surface area contributed by atoms with Gasteiger partial charge in [0.15, 0.2) is 11.5 Å². The zero-order chi connectivity index (χ0) is 33.1. The lowest BCUT2D eigenvalue weighted by atomic mass is 10.1. The molecule has 0 aliphatic rings. The van der Waals surface area contributed by atoms with E-state index >= 15 is 0 Å². The van der Waals surface area contributed by atoms with Gasteiger partial charge < -0.3 is 30.2 Å². The number of anilines is 2. The first-order valence-corrected chi connectivity index (χ1v) is 15.9. The summed E-state index contributed by atoms with van der Waals surface area (Å²) in [7, 11) is 4.49. The largest absolute Gasteiger partial charge is 0.493 e. The Morgan fingerprint density at radius 2 is 1.48 bits per heavy atom. The summed E-state index contributed by atoms with van der Waals surface area (Å²) in [6, 6.07) is 26.5. The van der Waals surface area contributed by atoms with E-state index in [0.29, 0.717) is 46.2 Å². The number of halogens is 1. The van der Waals surface area contributed by atoms with Crippen molar-refractivity contribution < 1.29 is 28.6 Å². The van der Waals surface area contributed by atoms with Crippen molar-refractivity contribution in [2.24, 2.45) is 0 Å². The van der Waals surface area contributed by atoms with Crippen LogP contribution < -0.4 is 30.2 Å². The van der Waals surface area contributed by atoms with Crippen LogP contribution in [-0.4, -0.2) is 44.3 Å². The molecule has 0 aliphatic carbocycles. The summed E-state index contributed by atoms with van der Waals surface area (Å²) in [6.45, 7) is 1.94. The van der Waals surface area contributed by atoms with Gasteiger partial charge in [-0.3, -0.25) is 14.4 Å². The van der Waals surface area contributed by atoms with Gasteiger partial charge in [0, 0.05) is 26.3 Å². The van der Waals surface area contributed by atoms with Crippen LogP contribution in [0.25, 0.3) is 6.08 Å². The molecule has 0 heterocycles. The molecule has 0 aromatic heterocycles. The van der Waals surface area contributed by atoms with Gasteiger partial charge >= 0.3 is 0 Å². The number of amides is 3. The quantitative estimate of drug-likeness (QED) is 0.0982. The minimum Gasteiger partial charge on any atom is -0.493 e. The second-order valence-corrected chi connectivity index (χ2v) is 12.0. The van der Waals surface area contributed by atoms with Crippen molar-refractivity contribution in [1.29, 1.82) is 0 Å². The van der Waals surface area contributed by atoms with Crippen molar-refractivity contribution in [3.8, 4) is 17.2 Å². The number of methoxy groups -OCH3 is 3. The standard InChI is InChI=1S/C35H34BrN3O6S/c1-5-31(35(42)37-25-16-14-24(36)15-17-25)46-27-13-9-12-26(21-27)38-34(41)28(39-33(40)23-10-7-6-8-11-23)18-22-19-29(43-2)32(45-4)30(20-22)44-3/h6-21,31H,5H2,1-4H3,(H,37,42)(H,38,41)(H,39,40)/b28-18+. The number of carbonyl (C=O) groups excluding carboxylic acids is 3. The number of hydrogen-bond acceptors (Lipinski definition) is 7. The highest BCUT2D eigenvalue weighted by Crippen LogP contribution is 2.38. The highest BCUT2D eigenvalue weighted by atomic mass is 79.9. The minimum absolute atomic E-state index is 0.0125. The summed E-state index contributed by atoms with van der Waals surface area (Å²) < 4.78 is 17.3. The van der Waals surface area contributed by atoms with Crippen molar-refractivity contribution in [3.63, 3.8) is 0 Å². The molecule has 0 bridgehead atoms. The third-order valence-electron chi connectivity index (χ3n) is 6.67. The first kappa shape index (κ1) is 34.1. The molecule has 0 radical (unpaired) electrons. The number of benzene rings is 4. The van der Waals surface area contributed by atoms with E-state index < -0.39 is 11.8 Å². The second kappa shape index (κ2) is 16.5. The molecular formula is C35H34BrN3O6S. The maximum atomic E-state index is 13.7. The fourth-order valence-corrected chi connectivity index (χ4v) is 5.66. The van der Waals surface area contributed by atoms with Gasteiger partial charge in [-0.1, -0.05) is 47.1 Å². The Morgan fingerprint density at radius 3 is 2.09 bits per heavy atom. The van der Waals surface area contributed by atoms with E-state index in [9.17, 15) is 14.4 Å². The lowest BCUT2D eigenvalue weighted by Gasteiger charge is -2.16. The first-order chi connectivity index (χ1) is 22.2. The number of nitrogens with one attached hydrogen (secondary N) is 3. The lowest BCUT2D eigenvalue weighted by Crippen LogP contribution is -2.30. The molecule has 0 fully saturated rings. The molecule has 4 rings (SSSR count). The van der Waals surface area contributed by atoms with Crippen LogP contribution in [0.2, 0.25) is 0 Å². The molecule has 0 saturated carbocycles. The van der Waals surface area contributed by atoms with Crippen LogP contribution >= 0.6 is 27.7 Å². The highest BCUT2D eigenvalue weighted by Gasteiger charge is 2.20. The molecule has 1 unspecified atom stereocenters. The molecule has 46 heavy (non-hydrogen) atoms. The topological polar surface area (TPSA) is 115 Å². The highest BCUT2D eigenvalue weighted by molar-refractivity contribution is 9.10. The second-order valence-electron chi connectivity index (χ2n) is 9.83. The Labute approximate surface area is 280 Å². The van der Waals surface area contributed by atoms with E-state index in [2.05, 4.69) is 31.9 Å².